The maximum atomic E-state index is 12.3. The van der Waals surface area contributed by atoms with E-state index in [0.29, 0.717) is 5.56 Å². The van der Waals surface area contributed by atoms with Crippen molar-refractivity contribution in [2.24, 2.45) is 7.05 Å². The zero-order valence-corrected chi connectivity index (χ0v) is 14.5. The maximum Gasteiger partial charge on any atom is 0.274 e. The Morgan fingerprint density at radius 2 is 2.09 bits per heavy atom. The zero-order valence-electron chi connectivity index (χ0n) is 13.7. The molecule has 0 bridgehead atoms. The second kappa shape index (κ2) is 6.08. The molecule has 0 unspecified atom stereocenters. The molecule has 3 aromatic heterocycles. The van der Waals surface area contributed by atoms with Crippen LogP contribution in [0.2, 0.25) is 0 Å². The second-order valence-electron chi connectivity index (χ2n) is 5.40. The normalized spacial score (nSPS) is 11.1. The Morgan fingerprint density at radius 1 is 1.30 bits per heavy atom. The summed E-state index contributed by atoms with van der Waals surface area (Å²) in [5, 5.41) is 13.8. The molecule has 120 valence electrons. The Morgan fingerprint density at radius 3 is 2.70 bits per heavy atom. The molecule has 0 saturated carbocycles. The van der Waals surface area contributed by atoms with E-state index in [9.17, 15) is 4.79 Å². The number of nitrogens with one attached hydrogen (secondary N) is 1. The topological polar surface area (TPSA) is 76.5 Å². The van der Waals surface area contributed by atoms with E-state index >= 15 is 0 Å². The minimum atomic E-state index is -0.178. The van der Waals surface area contributed by atoms with Crippen molar-refractivity contribution >= 4 is 11.3 Å². The van der Waals surface area contributed by atoms with Gasteiger partial charge in [0.05, 0.1) is 22.6 Å². The fraction of sp³-hybridized carbons (Fsp3) is 0.375. The molecule has 0 aliphatic rings. The van der Waals surface area contributed by atoms with Crippen molar-refractivity contribution in [1.29, 1.82) is 0 Å². The van der Waals surface area contributed by atoms with Crippen molar-refractivity contribution in [3.8, 4) is 21.8 Å². The lowest BCUT2D eigenvalue weighted by atomic mass is 10.0. The van der Waals surface area contributed by atoms with Crippen molar-refractivity contribution in [3.63, 3.8) is 0 Å². The lowest BCUT2D eigenvalue weighted by Gasteiger charge is -2.08. The summed E-state index contributed by atoms with van der Waals surface area (Å²) in [6.07, 6.45) is 3.49. The molecule has 0 spiro atoms. The van der Waals surface area contributed by atoms with E-state index in [-0.39, 0.29) is 5.56 Å². The number of aromatic amines is 1. The van der Waals surface area contributed by atoms with Gasteiger partial charge in [0.2, 0.25) is 0 Å². The number of aromatic nitrogens is 5. The molecule has 0 aromatic carbocycles. The van der Waals surface area contributed by atoms with Crippen LogP contribution in [0.25, 0.3) is 21.8 Å². The van der Waals surface area contributed by atoms with E-state index in [4.69, 9.17) is 0 Å². The molecule has 3 aromatic rings. The van der Waals surface area contributed by atoms with Crippen LogP contribution in [0, 0.1) is 6.92 Å². The second-order valence-corrected chi connectivity index (χ2v) is 6.26. The average molecular weight is 329 g/mol. The van der Waals surface area contributed by atoms with Crippen LogP contribution in [0.15, 0.2) is 16.4 Å². The van der Waals surface area contributed by atoms with Gasteiger partial charge in [-0.15, -0.1) is 11.3 Å². The average Bonchev–Trinajstić information content (AvgIpc) is 3.13. The van der Waals surface area contributed by atoms with Crippen molar-refractivity contribution < 1.29 is 0 Å². The molecule has 0 aliphatic carbocycles. The molecule has 3 rings (SSSR count). The molecular formula is C16H19N5OS. The van der Waals surface area contributed by atoms with E-state index in [1.165, 1.54) is 11.3 Å². The van der Waals surface area contributed by atoms with Crippen LogP contribution in [0.1, 0.15) is 30.8 Å². The van der Waals surface area contributed by atoms with Crippen LogP contribution in [0.3, 0.4) is 0 Å². The Kier molecular flexibility index (Phi) is 4.12. The van der Waals surface area contributed by atoms with Gasteiger partial charge in [0.1, 0.15) is 5.01 Å². The summed E-state index contributed by atoms with van der Waals surface area (Å²) in [4.78, 5) is 17.0. The van der Waals surface area contributed by atoms with Gasteiger partial charge in [-0.1, -0.05) is 13.8 Å². The van der Waals surface area contributed by atoms with Crippen LogP contribution in [-0.4, -0.2) is 25.0 Å². The van der Waals surface area contributed by atoms with Gasteiger partial charge in [-0.25, -0.2) is 10.1 Å². The highest BCUT2D eigenvalue weighted by atomic mass is 32.1. The lowest BCUT2D eigenvalue weighted by Crippen LogP contribution is -2.16. The number of H-pyrrole nitrogens is 1. The molecule has 0 atom stereocenters. The van der Waals surface area contributed by atoms with Crippen LogP contribution < -0.4 is 5.56 Å². The summed E-state index contributed by atoms with van der Waals surface area (Å²) in [5.74, 6) is 0. The first-order chi connectivity index (χ1) is 11.0. The summed E-state index contributed by atoms with van der Waals surface area (Å²) in [6.45, 7) is 6.04. The van der Waals surface area contributed by atoms with E-state index in [1.807, 2.05) is 39.4 Å². The van der Waals surface area contributed by atoms with Crippen LogP contribution >= 0.6 is 11.3 Å². The molecule has 0 aliphatic heterocycles. The van der Waals surface area contributed by atoms with Gasteiger partial charge in [-0.2, -0.15) is 10.2 Å². The third kappa shape index (κ3) is 2.72. The van der Waals surface area contributed by atoms with Gasteiger partial charge in [0, 0.05) is 24.2 Å². The van der Waals surface area contributed by atoms with Gasteiger partial charge in [-0.05, 0) is 25.3 Å². The predicted molar refractivity (Wildman–Crippen MR) is 91.7 cm³/mol. The minimum absolute atomic E-state index is 0.178. The smallest absolute Gasteiger partial charge is 0.274 e. The van der Waals surface area contributed by atoms with Crippen molar-refractivity contribution in [1.82, 2.24) is 25.0 Å². The molecule has 6 nitrogen and oxygen atoms in total. The van der Waals surface area contributed by atoms with E-state index in [0.717, 1.165) is 46.1 Å². The molecule has 3 heterocycles. The molecular weight excluding hydrogens is 310 g/mol. The van der Waals surface area contributed by atoms with Crippen LogP contribution in [0.4, 0.5) is 0 Å². The van der Waals surface area contributed by atoms with E-state index < -0.39 is 0 Å². The summed E-state index contributed by atoms with van der Waals surface area (Å²) in [5.41, 5.74) is 5.16. The summed E-state index contributed by atoms with van der Waals surface area (Å²) in [7, 11) is 1.89. The van der Waals surface area contributed by atoms with Gasteiger partial charge >= 0.3 is 0 Å². The number of thiazole rings is 1. The molecule has 23 heavy (non-hydrogen) atoms. The molecule has 0 saturated heterocycles. The number of nitrogens with zero attached hydrogens (tertiary/aromatic N) is 4. The summed E-state index contributed by atoms with van der Waals surface area (Å²) < 4.78 is 1.77. The minimum Gasteiger partial charge on any atom is -0.275 e. The highest BCUT2D eigenvalue weighted by molar-refractivity contribution is 7.13. The molecule has 1 N–H and O–H groups in total. The first kappa shape index (κ1) is 15.6. The molecule has 0 fully saturated rings. The Labute approximate surface area is 138 Å². The largest absolute Gasteiger partial charge is 0.275 e. The predicted octanol–water partition coefficient (Wildman–Crippen LogP) is 2.73. The van der Waals surface area contributed by atoms with Crippen molar-refractivity contribution in [2.75, 3.05) is 0 Å². The number of aryl methyl sites for hydroxylation is 3. The zero-order chi connectivity index (χ0) is 16.6. The third-order valence-corrected chi connectivity index (χ3v) is 4.73. The standard InChI is InChI=1S/C16H19N5OS/c1-5-10-12(6-2)18-19-15(22)14(10)16-17-13(8-23-16)11-7-21(4)20-9(11)3/h7-8H,5-6H2,1-4H3,(H,19,22). The molecule has 7 heteroatoms. The monoisotopic (exact) mass is 329 g/mol. The van der Waals surface area contributed by atoms with E-state index in [2.05, 4.69) is 20.3 Å². The number of hydrogen-bond donors (Lipinski definition) is 1. The van der Waals surface area contributed by atoms with Crippen molar-refractivity contribution in [2.45, 2.75) is 33.6 Å². The first-order valence-corrected chi connectivity index (χ1v) is 8.50. The highest BCUT2D eigenvalue weighted by Crippen LogP contribution is 2.30. The van der Waals surface area contributed by atoms with E-state index in [1.54, 1.807) is 4.68 Å². The number of rotatable bonds is 4. The van der Waals surface area contributed by atoms with Crippen LogP contribution in [-0.2, 0) is 19.9 Å². The number of hydrogen-bond acceptors (Lipinski definition) is 5. The summed E-state index contributed by atoms with van der Waals surface area (Å²) in [6, 6.07) is 0. The Balaban J connectivity index is 2.14. The highest BCUT2D eigenvalue weighted by Gasteiger charge is 2.18. The maximum absolute atomic E-state index is 12.3. The van der Waals surface area contributed by atoms with Crippen LogP contribution in [0.5, 0.6) is 0 Å². The van der Waals surface area contributed by atoms with Crippen molar-refractivity contribution in [3.05, 3.63) is 38.9 Å². The molecule has 0 radical (unpaired) electrons. The fourth-order valence-electron chi connectivity index (χ4n) is 2.79. The fourth-order valence-corrected chi connectivity index (χ4v) is 3.67. The molecule has 0 amide bonds. The summed E-state index contributed by atoms with van der Waals surface area (Å²) >= 11 is 1.48. The van der Waals surface area contributed by atoms with Gasteiger partial charge in [0.15, 0.2) is 0 Å². The Bertz CT molecular complexity index is 906. The quantitative estimate of drug-likeness (QED) is 0.798. The van der Waals surface area contributed by atoms with Gasteiger partial charge < -0.3 is 0 Å². The van der Waals surface area contributed by atoms with Gasteiger partial charge in [0.25, 0.3) is 5.56 Å². The first-order valence-electron chi connectivity index (χ1n) is 7.62. The SMILES string of the molecule is CCc1n[nH]c(=O)c(-c2nc(-c3cn(C)nc3C)cs2)c1CC. The third-order valence-electron chi connectivity index (χ3n) is 3.87. The van der Waals surface area contributed by atoms with Gasteiger partial charge in [-0.3, -0.25) is 9.48 Å². The Hall–Kier alpha value is -2.28. The lowest BCUT2D eigenvalue weighted by molar-refractivity contribution is 0.756.